The van der Waals surface area contributed by atoms with E-state index in [-0.39, 0.29) is 12.1 Å². The van der Waals surface area contributed by atoms with E-state index in [1.165, 1.54) is 0 Å². The van der Waals surface area contributed by atoms with Crippen LogP contribution in [0.3, 0.4) is 0 Å². The number of amides is 1. The zero-order valence-electron chi connectivity index (χ0n) is 11.1. The molecule has 0 saturated carbocycles. The summed E-state index contributed by atoms with van der Waals surface area (Å²) in [6, 6.07) is 1.13. The van der Waals surface area contributed by atoms with Crippen molar-refractivity contribution in [2.75, 3.05) is 19.8 Å². The van der Waals surface area contributed by atoms with Gasteiger partial charge in [-0.05, 0) is 18.4 Å². The second-order valence-corrected chi connectivity index (χ2v) is 4.51. The average Bonchev–Trinajstić information content (AvgIpc) is 2.36. The van der Waals surface area contributed by atoms with Gasteiger partial charge in [-0.25, -0.2) is 9.37 Å². The molecule has 0 aliphatic rings. The van der Waals surface area contributed by atoms with E-state index < -0.39 is 17.7 Å². The van der Waals surface area contributed by atoms with Gasteiger partial charge in [-0.15, -0.1) is 0 Å². The van der Waals surface area contributed by atoms with Crippen molar-refractivity contribution in [3.05, 3.63) is 29.6 Å². The molecule has 1 aromatic rings. The fourth-order valence-corrected chi connectivity index (χ4v) is 1.35. The van der Waals surface area contributed by atoms with Gasteiger partial charge in [-0.3, -0.25) is 4.79 Å². The van der Waals surface area contributed by atoms with E-state index in [1.54, 1.807) is 0 Å². The Labute approximate surface area is 111 Å². The van der Waals surface area contributed by atoms with E-state index in [0.717, 1.165) is 18.7 Å². The van der Waals surface area contributed by atoms with Crippen LogP contribution >= 0.6 is 0 Å². The second-order valence-electron chi connectivity index (χ2n) is 4.51. The van der Waals surface area contributed by atoms with Crippen LogP contribution < -0.4 is 5.32 Å². The third kappa shape index (κ3) is 5.30. The quantitative estimate of drug-likeness (QED) is 0.611. The van der Waals surface area contributed by atoms with Gasteiger partial charge in [0.25, 0.3) is 5.91 Å². The fraction of sp³-hybridized carbons (Fsp3) is 0.538. The lowest BCUT2D eigenvalue weighted by Gasteiger charge is -2.08. The Bertz CT molecular complexity index is 425. The van der Waals surface area contributed by atoms with Crippen LogP contribution in [0, 0.1) is 17.7 Å². The van der Waals surface area contributed by atoms with Gasteiger partial charge in [0.05, 0.1) is 12.2 Å². The summed E-state index contributed by atoms with van der Waals surface area (Å²) in [5.41, 5.74) is -0.352. The fourth-order valence-electron chi connectivity index (χ4n) is 1.35. The van der Waals surface area contributed by atoms with Gasteiger partial charge in [0.1, 0.15) is 0 Å². The van der Waals surface area contributed by atoms with Gasteiger partial charge in [0.15, 0.2) is 5.82 Å². The summed E-state index contributed by atoms with van der Waals surface area (Å²) < 4.78 is 31.3. The Morgan fingerprint density at radius 2 is 2.16 bits per heavy atom. The number of nitrogens with one attached hydrogen (secondary N) is 1. The zero-order valence-corrected chi connectivity index (χ0v) is 11.1. The smallest absolute Gasteiger partial charge is 0.254 e. The van der Waals surface area contributed by atoms with Crippen LogP contribution in [0.1, 0.15) is 30.6 Å². The van der Waals surface area contributed by atoms with Crippen molar-refractivity contribution >= 4 is 5.91 Å². The Morgan fingerprint density at radius 3 is 2.84 bits per heavy atom. The highest BCUT2D eigenvalue weighted by Gasteiger charge is 2.15. The highest BCUT2D eigenvalue weighted by molar-refractivity contribution is 5.94. The molecule has 1 N–H and O–H groups in total. The van der Waals surface area contributed by atoms with Gasteiger partial charge in [0, 0.05) is 19.3 Å². The number of rotatable bonds is 7. The molecule has 0 fully saturated rings. The van der Waals surface area contributed by atoms with Crippen LogP contribution in [-0.4, -0.2) is 30.6 Å². The summed E-state index contributed by atoms with van der Waals surface area (Å²) in [6.07, 6.45) is 1.99. The van der Waals surface area contributed by atoms with Gasteiger partial charge >= 0.3 is 0 Å². The number of ether oxygens (including phenoxy) is 1. The molecule has 0 bridgehead atoms. The van der Waals surface area contributed by atoms with Crippen LogP contribution in [0.2, 0.25) is 0 Å². The third-order valence-electron chi connectivity index (χ3n) is 2.46. The van der Waals surface area contributed by atoms with Crippen molar-refractivity contribution < 1.29 is 18.3 Å². The van der Waals surface area contributed by atoms with Gasteiger partial charge in [-0.2, -0.15) is 4.39 Å². The summed E-state index contributed by atoms with van der Waals surface area (Å²) in [5, 5.41) is 2.46. The largest absolute Gasteiger partial charge is 0.380 e. The predicted octanol–water partition coefficient (Wildman–Crippen LogP) is 2.15. The number of carbonyl (C=O) groups is 1. The van der Waals surface area contributed by atoms with E-state index >= 15 is 0 Å². The van der Waals surface area contributed by atoms with Crippen LogP contribution in [-0.2, 0) is 4.74 Å². The van der Waals surface area contributed by atoms with E-state index in [2.05, 4.69) is 24.1 Å². The first-order chi connectivity index (χ1) is 9.02. The number of halogens is 2. The molecule has 19 heavy (non-hydrogen) atoms. The normalized spacial score (nSPS) is 10.8. The molecule has 1 rings (SSSR count). The Hall–Kier alpha value is -1.56. The Balaban J connectivity index is 2.30. The standard InChI is InChI=1S/C13H18F2N2O2/c1-9(2)4-7-19-8-6-17-13(18)10-3-5-16-12(15)11(10)14/h3,5,9H,4,6-8H2,1-2H3,(H,17,18). The number of aromatic nitrogens is 1. The number of hydrogen-bond donors (Lipinski definition) is 1. The molecule has 1 amide bonds. The lowest BCUT2D eigenvalue weighted by molar-refractivity contribution is 0.0900. The number of carbonyl (C=O) groups excluding carboxylic acids is 1. The molecule has 6 heteroatoms. The molecule has 0 aliphatic carbocycles. The molecule has 0 spiro atoms. The highest BCUT2D eigenvalue weighted by Crippen LogP contribution is 2.08. The van der Waals surface area contributed by atoms with Crippen molar-refractivity contribution in [1.82, 2.24) is 10.3 Å². The maximum absolute atomic E-state index is 13.2. The number of hydrogen-bond acceptors (Lipinski definition) is 3. The maximum Gasteiger partial charge on any atom is 0.254 e. The van der Waals surface area contributed by atoms with Crippen LogP contribution in [0.25, 0.3) is 0 Å². The van der Waals surface area contributed by atoms with Crippen molar-refractivity contribution in [3.63, 3.8) is 0 Å². The zero-order chi connectivity index (χ0) is 14.3. The summed E-state index contributed by atoms with van der Waals surface area (Å²) >= 11 is 0. The molecule has 0 aliphatic heterocycles. The van der Waals surface area contributed by atoms with Crippen molar-refractivity contribution in [2.24, 2.45) is 5.92 Å². The Kier molecular flexibility index (Phi) is 6.35. The molecule has 0 radical (unpaired) electrons. The molecule has 0 saturated heterocycles. The molecule has 0 unspecified atom stereocenters. The van der Waals surface area contributed by atoms with E-state index in [0.29, 0.717) is 19.1 Å². The SMILES string of the molecule is CC(C)CCOCCNC(=O)c1ccnc(F)c1F. The monoisotopic (exact) mass is 272 g/mol. The lowest BCUT2D eigenvalue weighted by Crippen LogP contribution is -2.28. The van der Waals surface area contributed by atoms with Gasteiger partial charge in [-0.1, -0.05) is 13.8 Å². The summed E-state index contributed by atoms with van der Waals surface area (Å²) in [5.74, 6) is -2.63. The molecule has 1 aromatic heterocycles. The first-order valence-corrected chi connectivity index (χ1v) is 6.18. The number of nitrogens with zero attached hydrogens (tertiary/aromatic N) is 1. The molecule has 1 heterocycles. The average molecular weight is 272 g/mol. The summed E-state index contributed by atoms with van der Waals surface area (Å²) in [4.78, 5) is 14.7. The van der Waals surface area contributed by atoms with E-state index in [4.69, 9.17) is 4.74 Å². The van der Waals surface area contributed by atoms with Crippen LogP contribution in [0.15, 0.2) is 12.3 Å². The predicted molar refractivity (Wildman–Crippen MR) is 66.8 cm³/mol. The highest BCUT2D eigenvalue weighted by atomic mass is 19.2. The Morgan fingerprint density at radius 1 is 1.42 bits per heavy atom. The number of pyridine rings is 1. The first kappa shape index (κ1) is 15.5. The van der Waals surface area contributed by atoms with E-state index in [9.17, 15) is 13.6 Å². The first-order valence-electron chi connectivity index (χ1n) is 6.18. The minimum Gasteiger partial charge on any atom is -0.380 e. The van der Waals surface area contributed by atoms with Gasteiger partial charge in [0.2, 0.25) is 5.95 Å². The summed E-state index contributed by atoms with van der Waals surface area (Å²) in [7, 11) is 0. The van der Waals surface area contributed by atoms with E-state index in [1.807, 2.05) is 0 Å². The molecular weight excluding hydrogens is 254 g/mol. The minimum absolute atomic E-state index is 0.250. The van der Waals surface area contributed by atoms with Crippen LogP contribution in [0.4, 0.5) is 8.78 Å². The second kappa shape index (κ2) is 7.78. The lowest BCUT2D eigenvalue weighted by atomic mass is 10.1. The molecular formula is C13H18F2N2O2. The molecule has 106 valence electrons. The van der Waals surface area contributed by atoms with Crippen molar-refractivity contribution in [2.45, 2.75) is 20.3 Å². The maximum atomic E-state index is 13.2. The summed E-state index contributed by atoms with van der Waals surface area (Å²) in [6.45, 7) is 5.39. The van der Waals surface area contributed by atoms with Gasteiger partial charge < -0.3 is 10.1 Å². The molecule has 0 atom stereocenters. The van der Waals surface area contributed by atoms with Crippen molar-refractivity contribution in [1.29, 1.82) is 0 Å². The molecule has 4 nitrogen and oxygen atoms in total. The topological polar surface area (TPSA) is 51.2 Å². The van der Waals surface area contributed by atoms with Crippen molar-refractivity contribution in [3.8, 4) is 0 Å². The molecule has 0 aromatic carbocycles. The minimum atomic E-state index is -1.28. The van der Waals surface area contributed by atoms with Crippen LogP contribution in [0.5, 0.6) is 0 Å². The third-order valence-corrected chi connectivity index (χ3v) is 2.46.